The van der Waals surface area contributed by atoms with Crippen molar-refractivity contribution in [3.63, 3.8) is 0 Å². The zero-order valence-electron chi connectivity index (χ0n) is 17.1. The second-order valence-corrected chi connectivity index (χ2v) is 8.09. The summed E-state index contributed by atoms with van der Waals surface area (Å²) >= 11 is 5.59. The summed E-state index contributed by atoms with van der Waals surface area (Å²) in [5, 5.41) is 4.08. The smallest absolute Gasteiger partial charge is 0.173 e. The monoisotopic (exact) mass is 406 g/mol. The van der Waals surface area contributed by atoms with Gasteiger partial charge in [0.05, 0.1) is 6.04 Å². The van der Waals surface area contributed by atoms with E-state index in [2.05, 4.69) is 36.2 Å². The Kier molecular flexibility index (Phi) is 5.41. The van der Waals surface area contributed by atoms with Gasteiger partial charge in [0.1, 0.15) is 11.5 Å². The number of aryl methyl sites for hydroxylation is 2. The van der Waals surface area contributed by atoms with Gasteiger partial charge in [-0.1, -0.05) is 24.3 Å². The fourth-order valence-electron chi connectivity index (χ4n) is 4.11. The van der Waals surface area contributed by atoms with E-state index in [0.717, 1.165) is 58.8 Å². The molecule has 2 aromatic carbocycles. The Bertz CT molecular complexity index is 994. The number of rotatable bonds is 4. The van der Waals surface area contributed by atoms with Gasteiger partial charge in [-0.15, -0.1) is 0 Å². The second kappa shape index (κ2) is 7.99. The van der Waals surface area contributed by atoms with Crippen LogP contribution in [0.2, 0.25) is 0 Å². The molecule has 0 bridgehead atoms. The fraction of sp³-hybridized carbons (Fsp3) is 0.333. The Morgan fingerprint density at radius 3 is 2.62 bits per heavy atom. The van der Waals surface area contributed by atoms with Crippen molar-refractivity contribution in [2.75, 3.05) is 6.54 Å². The minimum absolute atomic E-state index is 0.192. The number of thiocarbonyl (C=S) groups is 1. The van der Waals surface area contributed by atoms with E-state index in [1.807, 2.05) is 37.3 Å². The van der Waals surface area contributed by atoms with Gasteiger partial charge in [0.15, 0.2) is 10.9 Å². The van der Waals surface area contributed by atoms with Crippen molar-refractivity contribution < 1.29 is 9.53 Å². The van der Waals surface area contributed by atoms with E-state index >= 15 is 0 Å². The highest BCUT2D eigenvalue weighted by atomic mass is 32.1. The summed E-state index contributed by atoms with van der Waals surface area (Å²) in [7, 11) is 0. The van der Waals surface area contributed by atoms with Gasteiger partial charge in [-0.3, -0.25) is 4.79 Å². The molecule has 150 valence electrons. The maximum absolute atomic E-state index is 12.8. The lowest BCUT2D eigenvalue weighted by Gasteiger charge is -2.40. The van der Waals surface area contributed by atoms with Crippen LogP contribution in [0.3, 0.4) is 0 Å². The Balaban J connectivity index is 1.63. The molecule has 0 saturated heterocycles. The normalized spacial score (nSPS) is 19.1. The van der Waals surface area contributed by atoms with Gasteiger partial charge >= 0.3 is 0 Å². The van der Waals surface area contributed by atoms with Crippen LogP contribution in [0.25, 0.3) is 0 Å². The van der Waals surface area contributed by atoms with Gasteiger partial charge in [-0.25, -0.2) is 0 Å². The summed E-state index contributed by atoms with van der Waals surface area (Å²) < 4.78 is 6.08. The van der Waals surface area contributed by atoms with E-state index in [1.165, 1.54) is 0 Å². The SMILES string of the molecule is CCN1C(=S)NC(c2ccc(Oc3cc(C)ccc3C)cc2)C2=C1CCCC2=O. The summed E-state index contributed by atoms with van der Waals surface area (Å²) in [5.41, 5.74) is 5.25. The zero-order chi connectivity index (χ0) is 20.5. The Labute approximate surface area is 177 Å². The molecule has 1 aliphatic heterocycles. The van der Waals surface area contributed by atoms with Crippen LogP contribution in [0.1, 0.15) is 48.9 Å². The highest BCUT2D eigenvalue weighted by Gasteiger charge is 2.36. The van der Waals surface area contributed by atoms with Crippen LogP contribution in [-0.4, -0.2) is 22.3 Å². The molecule has 1 atom stereocenters. The summed E-state index contributed by atoms with van der Waals surface area (Å²) in [6, 6.07) is 14.0. The molecule has 0 saturated carbocycles. The minimum Gasteiger partial charge on any atom is -0.457 e. The van der Waals surface area contributed by atoms with Crippen LogP contribution >= 0.6 is 12.2 Å². The van der Waals surface area contributed by atoms with Gasteiger partial charge in [-0.2, -0.15) is 0 Å². The Morgan fingerprint density at radius 2 is 1.90 bits per heavy atom. The first-order valence-corrected chi connectivity index (χ1v) is 10.6. The van der Waals surface area contributed by atoms with Crippen LogP contribution in [0.5, 0.6) is 11.5 Å². The third-order valence-corrected chi connectivity index (χ3v) is 6.00. The van der Waals surface area contributed by atoms with Gasteiger partial charge in [0, 0.05) is 24.2 Å². The Hall–Kier alpha value is -2.66. The van der Waals surface area contributed by atoms with Crippen molar-refractivity contribution in [2.24, 2.45) is 0 Å². The zero-order valence-corrected chi connectivity index (χ0v) is 17.9. The molecule has 0 aromatic heterocycles. The quantitative estimate of drug-likeness (QED) is 0.693. The van der Waals surface area contributed by atoms with E-state index in [9.17, 15) is 4.79 Å². The van der Waals surface area contributed by atoms with Crippen LogP contribution in [0, 0.1) is 13.8 Å². The first-order valence-electron chi connectivity index (χ1n) is 10.2. The lowest BCUT2D eigenvalue weighted by atomic mass is 9.85. The number of allylic oxidation sites excluding steroid dienone is 1. The molecule has 2 aromatic rings. The third-order valence-electron chi connectivity index (χ3n) is 5.66. The number of ether oxygens (including phenoxy) is 1. The van der Waals surface area contributed by atoms with Crippen LogP contribution < -0.4 is 10.1 Å². The number of benzene rings is 2. The Morgan fingerprint density at radius 1 is 1.14 bits per heavy atom. The number of nitrogens with zero attached hydrogens (tertiary/aromatic N) is 1. The molecule has 4 rings (SSSR count). The molecule has 2 aliphatic rings. The van der Waals surface area contributed by atoms with Gasteiger partial charge in [0.25, 0.3) is 0 Å². The van der Waals surface area contributed by atoms with Gasteiger partial charge in [0.2, 0.25) is 0 Å². The summed E-state index contributed by atoms with van der Waals surface area (Å²) in [4.78, 5) is 14.8. The van der Waals surface area contributed by atoms with E-state index in [-0.39, 0.29) is 11.8 Å². The highest BCUT2D eigenvalue weighted by Crippen LogP contribution is 2.38. The number of ketones is 1. The van der Waals surface area contributed by atoms with Crippen molar-refractivity contribution in [3.8, 4) is 11.5 Å². The lowest BCUT2D eigenvalue weighted by Crippen LogP contribution is -2.49. The molecule has 0 spiro atoms. The summed E-state index contributed by atoms with van der Waals surface area (Å²) in [6.07, 6.45) is 2.41. The van der Waals surface area contributed by atoms with Crippen LogP contribution in [0.15, 0.2) is 53.7 Å². The molecule has 1 N–H and O–H groups in total. The van der Waals surface area contributed by atoms with Crippen molar-refractivity contribution in [3.05, 3.63) is 70.4 Å². The molecule has 0 amide bonds. The molecular formula is C24H26N2O2S. The molecule has 5 heteroatoms. The van der Waals surface area contributed by atoms with Crippen LogP contribution in [-0.2, 0) is 4.79 Å². The van der Waals surface area contributed by atoms with Crippen molar-refractivity contribution in [1.29, 1.82) is 0 Å². The van der Waals surface area contributed by atoms with E-state index in [4.69, 9.17) is 17.0 Å². The number of Topliss-reactive ketones (excluding diaryl/α,β-unsaturated/α-hetero) is 1. The molecule has 1 heterocycles. The first-order chi connectivity index (χ1) is 14.0. The lowest BCUT2D eigenvalue weighted by molar-refractivity contribution is -0.116. The fourth-order valence-corrected chi connectivity index (χ4v) is 4.46. The second-order valence-electron chi connectivity index (χ2n) is 7.70. The van der Waals surface area contributed by atoms with Gasteiger partial charge in [-0.05, 0) is 80.7 Å². The number of carbonyl (C=O) groups is 1. The molecule has 1 aliphatic carbocycles. The number of carbonyl (C=O) groups excluding carboxylic acids is 1. The summed E-state index contributed by atoms with van der Waals surface area (Å²) in [6.45, 7) is 6.93. The summed E-state index contributed by atoms with van der Waals surface area (Å²) in [5.74, 6) is 1.86. The minimum atomic E-state index is -0.192. The van der Waals surface area contributed by atoms with E-state index < -0.39 is 0 Å². The van der Waals surface area contributed by atoms with Crippen molar-refractivity contribution in [2.45, 2.75) is 46.1 Å². The number of hydrogen-bond acceptors (Lipinski definition) is 3. The first kappa shape index (κ1) is 19.6. The molecule has 0 radical (unpaired) electrons. The van der Waals surface area contributed by atoms with Crippen molar-refractivity contribution in [1.82, 2.24) is 10.2 Å². The average Bonchev–Trinajstić information content (AvgIpc) is 2.71. The predicted octanol–water partition coefficient (Wildman–Crippen LogP) is 5.35. The van der Waals surface area contributed by atoms with E-state index in [1.54, 1.807) is 0 Å². The maximum Gasteiger partial charge on any atom is 0.173 e. The third kappa shape index (κ3) is 3.79. The van der Waals surface area contributed by atoms with E-state index in [0.29, 0.717) is 11.5 Å². The maximum atomic E-state index is 12.8. The number of nitrogens with one attached hydrogen (secondary N) is 1. The topological polar surface area (TPSA) is 41.6 Å². The average molecular weight is 407 g/mol. The largest absolute Gasteiger partial charge is 0.457 e. The molecule has 29 heavy (non-hydrogen) atoms. The van der Waals surface area contributed by atoms with Crippen molar-refractivity contribution >= 4 is 23.1 Å². The molecule has 4 nitrogen and oxygen atoms in total. The molecule has 1 unspecified atom stereocenters. The standard InChI is InChI=1S/C24H26N2O2S/c1-4-26-19-6-5-7-20(27)22(19)23(25-24(26)29)17-10-12-18(13-11-17)28-21-14-15(2)8-9-16(21)3/h8-14,23H,4-7H2,1-3H3,(H,25,29). The van der Waals surface area contributed by atoms with Crippen LogP contribution in [0.4, 0.5) is 0 Å². The molecular weight excluding hydrogens is 380 g/mol. The van der Waals surface area contributed by atoms with Gasteiger partial charge < -0.3 is 15.0 Å². The molecule has 0 fully saturated rings. The number of hydrogen-bond donors (Lipinski definition) is 1. The predicted molar refractivity (Wildman–Crippen MR) is 119 cm³/mol. The highest BCUT2D eigenvalue weighted by molar-refractivity contribution is 7.80.